The van der Waals surface area contributed by atoms with Crippen LogP contribution < -0.4 is 0 Å². The Bertz CT molecular complexity index is 602. The van der Waals surface area contributed by atoms with E-state index >= 15 is 0 Å². The van der Waals surface area contributed by atoms with E-state index in [0.29, 0.717) is 10.2 Å². The molecular formula is C14H14BrNO2. The van der Waals surface area contributed by atoms with E-state index in [2.05, 4.69) is 20.9 Å². The maximum absolute atomic E-state index is 12.2. The van der Waals surface area contributed by atoms with Crippen LogP contribution in [0, 0.1) is 0 Å². The molecule has 2 aromatic rings. The Kier molecular flexibility index (Phi) is 3.39. The number of para-hydroxylation sites is 1. The van der Waals surface area contributed by atoms with Crippen molar-refractivity contribution in [3.8, 4) is 0 Å². The molecule has 0 saturated carbocycles. The summed E-state index contributed by atoms with van der Waals surface area (Å²) in [6, 6.07) is 9.20. The van der Waals surface area contributed by atoms with Gasteiger partial charge in [0.05, 0.1) is 11.1 Å². The van der Waals surface area contributed by atoms with Gasteiger partial charge in [-0.25, -0.2) is 9.78 Å². The van der Waals surface area contributed by atoms with Crippen LogP contribution in [-0.2, 0) is 4.74 Å². The summed E-state index contributed by atoms with van der Waals surface area (Å²) in [6.07, 6.45) is 0. The Hall–Kier alpha value is -1.42. The van der Waals surface area contributed by atoms with E-state index in [-0.39, 0.29) is 5.97 Å². The average molecular weight is 308 g/mol. The molecule has 94 valence electrons. The summed E-state index contributed by atoms with van der Waals surface area (Å²) in [5.74, 6) is -0.332. The second kappa shape index (κ2) is 4.69. The maximum Gasteiger partial charge on any atom is 0.339 e. The Balaban J connectivity index is 2.53. The molecule has 1 aromatic heterocycles. The summed E-state index contributed by atoms with van der Waals surface area (Å²) in [6.45, 7) is 5.55. The van der Waals surface area contributed by atoms with Gasteiger partial charge < -0.3 is 4.74 Å². The highest BCUT2D eigenvalue weighted by molar-refractivity contribution is 9.10. The number of rotatable bonds is 1. The van der Waals surface area contributed by atoms with Gasteiger partial charge in [0.2, 0.25) is 0 Å². The van der Waals surface area contributed by atoms with Gasteiger partial charge >= 0.3 is 5.97 Å². The summed E-state index contributed by atoms with van der Waals surface area (Å²) in [5, 5.41) is 0.801. The van der Waals surface area contributed by atoms with Gasteiger partial charge in [-0.2, -0.15) is 0 Å². The fourth-order valence-corrected chi connectivity index (χ4v) is 2.06. The van der Waals surface area contributed by atoms with Gasteiger partial charge in [-0.05, 0) is 48.8 Å². The zero-order chi connectivity index (χ0) is 13.3. The van der Waals surface area contributed by atoms with Crippen LogP contribution in [0.2, 0.25) is 0 Å². The number of carbonyl (C=O) groups excluding carboxylic acids is 1. The number of pyridine rings is 1. The van der Waals surface area contributed by atoms with Crippen molar-refractivity contribution in [1.82, 2.24) is 4.98 Å². The third-order valence-corrected chi connectivity index (χ3v) is 2.71. The summed E-state index contributed by atoms with van der Waals surface area (Å²) in [5.41, 5.74) is 0.795. The second-order valence-electron chi connectivity index (χ2n) is 5.01. The molecule has 1 aromatic carbocycles. The molecule has 3 nitrogen and oxygen atoms in total. The number of ether oxygens (including phenoxy) is 1. The van der Waals surface area contributed by atoms with Crippen molar-refractivity contribution in [3.63, 3.8) is 0 Å². The first-order valence-corrected chi connectivity index (χ1v) is 6.45. The van der Waals surface area contributed by atoms with Crippen LogP contribution >= 0.6 is 15.9 Å². The molecule has 0 amide bonds. The quantitative estimate of drug-likeness (QED) is 0.591. The molecule has 2 rings (SSSR count). The van der Waals surface area contributed by atoms with E-state index < -0.39 is 5.60 Å². The molecular weight excluding hydrogens is 294 g/mol. The van der Waals surface area contributed by atoms with Gasteiger partial charge in [0.25, 0.3) is 0 Å². The highest BCUT2D eigenvalue weighted by Gasteiger charge is 2.20. The Morgan fingerprint density at radius 2 is 1.94 bits per heavy atom. The number of halogens is 1. The van der Waals surface area contributed by atoms with Gasteiger partial charge in [0.1, 0.15) is 10.2 Å². The molecule has 1 heterocycles. The summed E-state index contributed by atoms with van der Waals surface area (Å²) >= 11 is 3.31. The van der Waals surface area contributed by atoms with Gasteiger partial charge in [0.15, 0.2) is 0 Å². The minimum atomic E-state index is -0.506. The minimum Gasteiger partial charge on any atom is -0.456 e. The number of nitrogens with zero attached hydrogens (tertiary/aromatic N) is 1. The molecule has 0 radical (unpaired) electrons. The zero-order valence-corrected chi connectivity index (χ0v) is 12.1. The molecule has 0 fully saturated rings. The first-order chi connectivity index (χ1) is 8.37. The van der Waals surface area contributed by atoms with Crippen LogP contribution in [0.25, 0.3) is 10.9 Å². The summed E-state index contributed by atoms with van der Waals surface area (Å²) in [4.78, 5) is 16.5. The van der Waals surface area contributed by atoms with Crippen molar-refractivity contribution in [3.05, 3.63) is 40.5 Å². The van der Waals surface area contributed by atoms with Crippen LogP contribution in [0.3, 0.4) is 0 Å². The smallest absolute Gasteiger partial charge is 0.339 e. The highest BCUT2D eigenvalue weighted by Crippen LogP contribution is 2.23. The Morgan fingerprint density at radius 3 is 2.61 bits per heavy atom. The largest absolute Gasteiger partial charge is 0.456 e. The first kappa shape index (κ1) is 13.0. The lowest BCUT2D eigenvalue weighted by atomic mass is 10.1. The van der Waals surface area contributed by atoms with Crippen molar-refractivity contribution in [1.29, 1.82) is 0 Å². The van der Waals surface area contributed by atoms with Crippen LogP contribution in [0.5, 0.6) is 0 Å². The lowest BCUT2D eigenvalue weighted by Gasteiger charge is -2.20. The van der Waals surface area contributed by atoms with E-state index in [4.69, 9.17) is 4.74 Å². The molecule has 0 spiro atoms. The molecule has 0 N–H and O–H groups in total. The van der Waals surface area contributed by atoms with Crippen molar-refractivity contribution in [2.75, 3.05) is 0 Å². The molecule has 0 saturated heterocycles. The van der Waals surface area contributed by atoms with Crippen LogP contribution in [0.1, 0.15) is 31.1 Å². The number of carbonyl (C=O) groups is 1. The van der Waals surface area contributed by atoms with E-state index in [0.717, 1.165) is 10.9 Å². The molecule has 0 aliphatic carbocycles. The van der Waals surface area contributed by atoms with Crippen LogP contribution in [0.15, 0.2) is 34.9 Å². The fourth-order valence-electron chi connectivity index (χ4n) is 1.65. The zero-order valence-electron chi connectivity index (χ0n) is 10.5. The molecule has 4 heteroatoms. The summed E-state index contributed by atoms with van der Waals surface area (Å²) < 4.78 is 6.03. The van der Waals surface area contributed by atoms with E-state index in [1.54, 1.807) is 6.07 Å². The number of hydrogen-bond acceptors (Lipinski definition) is 3. The number of aromatic nitrogens is 1. The lowest BCUT2D eigenvalue weighted by molar-refractivity contribution is 0.00717. The third kappa shape index (κ3) is 2.88. The van der Waals surface area contributed by atoms with Crippen molar-refractivity contribution in [2.45, 2.75) is 26.4 Å². The molecule has 0 atom stereocenters. The van der Waals surface area contributed by atoms with Crippen molar-refractivity contribution >= 4 is 32.8 Å². The van der Waals surface area contributed by atoms with E-state index in [9.17, 15) is 4.79 Å². The topological polar surface area (TPSA) is 39.2 Å². The SMILES string of the molecule is CC(C)(C)OC(=O)c1cc(Br)nc2ccccc12. The predicted molar refractivity (Wildman–Crippen MR) is 74.6 cm³/mol. The molecule has 0 unspecified atom stereocenters. The number of benzene rings is 1. The average Bonchev–Trinajstić information content (AvgIpc) is 2.25. The normalized spacial score (nSPS) is 11.6. The molecule has 0 aliphatic heterocycles. The predicted octanol–water partition coefficient (Wildman–Crippen LogP) is 3.95. The molecule has 18 heavy (non-hydrogen) atoms. The van der Waals surface area contributed by atoms with E-state index in [1.165, 1.54) is 0 Å². The van der Waals surface area contributed by atoms with Gasteiger partial charge in [-0.1, -0.05) is 18.2 Å². The first-order valence-electron chi connectivity index (χ1n) is 5.65. The Morgan fingerprint density at radius 1 is 1.28 bits per heavy atom. The second-order valence-corrected chi connectivity index (χ2v) is 5.82. The van der Waals surface area contributed by atoms with Gasteiger partial charge in [0, 0.05) is 5.39 Å². The van der Waals surface area contributed by atoms with Gasteiger partial charge in [-0.3, -0.25) is 0 Å². The minimum absolute atomic E-state index is 0.332. The van der Waals surface area contributed by atoms with Crippen molar-refractivity contribution < 1.29 is 9.53 Å². The maximum atomic E-state index is 12.2. The van der Waals surface area contributed by atoms with Crippen molar-refractivity contribution in [2.24, 2.45) is 0 Å². The highest BCUT2D eigenvalue weighted by atomic mass is 79.9. The monoisotopic (exact) mass is 307 g/mol. The van der Waals surface area contributed by atoms with E-state index in [1.807, 2.05) is 45.0 Å². The van der Waals surface area contributed by atoms with Crippen LogP contribution in [-0.4, -0.2) is 16.6 Å². The summed E-state index contributed by atoms with van der Waals surface area (Å²) in [7, 11) is 0. The molecule has 0 bridgehead atoms. The number of esters is 1. The fraction of sp³-hybridized carbons (Fsp3) is 0.286. The van der Waals surface area contributed by atoms with Gasteiger partial charge in [-0.15, -0.1) is 0 Å². The number of fused-ring (bicyclic) bond motifs is 1. The third-order valence-electron chi connectivity index (χ3n) is 2.30. The standard InChI is InChI=1S/C14H14BrNO2/c1-14(2,3)18-13(17)10-8-12(15)16-11-7-5-4-6-9(10)11/h4-8H,1-3H3. The van der Waals surface area contributed by atoms with Crippen LogP contribution in [0.4, 0.5) is 0 Å². The molecule has 0 aliphatic rings. The number of hydrogen-bond donors (Lipinski definition) is 0. The Labute approximate surface area is 114 Å². The lowest BCUT2D eigenvalue weighted by Crippen LogP contribution is -2.24.